The van der Waals surface area contributed by atoms with Crippen LogP contribution in [0.3, 0.4) is 0 Å². The molecule has 2 N–H and O–H groups in total. The van der Waals surface area contributed by atoms with Gasteiger partial charge in [0.1, 0.15) is 0 Å². The van der Waals surface area contributed by atoms with Gasteiger partial charge in [-0.1, -0.05) is 54.6 Å². The van der Waals surface area contributed by atoms with Crippen LogP contribution in [0.5, 0.6) is 0 Å². The molecular weight excluding hydrogens is 464 g/mol. The summed E-state index contributed by atoms with van der Waals surface area (Å²) in [5.41, 5.74) is 1.78. The fourth-order valence-electron chi connectivity index (χ4n) is 3.95. The van der Waals surface area contributed by atoms with Crippen LogP contribution in [-0.4, -0.2) is 25.9 Å². The average Bonchev–Trinajstić information content (AvgIpc) is 2.88. The van der Waals surface area contributed by atoms with E-state index in [1.54, 1.807) is 60.7 Å². The van der Waals surface area contributed by atoms with Gasteiger partial charge in [0.05, 0.1) is 16.1 Å². The Kier molecular flexibility index (Phi) is 5.50. The van der Waals surface area contributed by atoms with Crippen LogP contribution in [0.15, 0.2) is 102 Å². The molecule has 7 nitrogen and oxygen atoms in total. The average molecular weight is 483 g/mol. The van der Waals surface area contributed by atoms with Gasteiger partial charge < -0.3 is 5.32 Å². The van der Waals surface area contributed by atoms with Gasteiger partial charge in [0, 0.05) is 27.9 Å². The lowest BCUT2D eigenvalue weighted by Crippen LogP contribution is -2.23. The van der Waals surface area contributed by atoms with Crippen LogP contribution in [0, 0.1) is 0 Å². The number of ketones is 2. The van der Waals surface area contributed by atoms with Gasteiger partial charge in [-0.2, -0.15) is 0 Å². The van der Waals surface area contributed by atoms with Crippen molar-refractivity contribution in [2.24, 2.45) is 0 Å². The molecule has 4 aromatic rings. The molecular formula is C27H18N2O5S. The van der Waals surface area contributed by atoms with E-state index in [9.17, 15) is 22.8 Å². The number of fused-ring (bicyclic) bond motifs is 2. The summed E-state index contributed by atoms with van der Waals surface area (Å²) in [5.74, 6) is -1.12. The molecule has 0 radical (unpaired) electrons. The predicted octanol–water partition coefficient (Wildman–Crippen LogP) is 4.52. The van der Waals surface area contributed by atoms with E-state index in [0.717, 1.165) is 0 Å². The molecule has 0 spiro atoms. The van der Waals surface area contributed by atoms with Crippen LogP contribution < -0.4 is 10.0 Å². The molecule has 1 aliphatic rings. The fraction of sp³-hybridized carbons (Fsp3) is 0. The summed E-state index contributed by atoms with van der Waals surface area (Å²) >= 11 is 0. The number of carbonyl (C=O) groups is 3. The van der Waals surface area contributed by atoms with E-state index in [0.29, 0.717) is 16.8 Å². The maximum atomic E-state index is 13.1. The second kappa shape index (κ2) is 8.66. The number of hydrogen-bond donors (Lipinski definition) is 2. The number of sulfonamides is 1. The van der Waals surface area contributed by atoms with Crippen LogP contribution in [0.2, 0.25) is 0 Å². The monoisotopic (exact) mass is 482 g/mol. The third-order valence-electron chi connectivity index (χ3n) is 5.65. The molecule has 0 atom stereocenters. The van der Waals surface area contributed by atoms with Gasteiger partial charge in [0.25, 0.3) is 15.9 Å². The van der Waals surface area contributed by atoms with Gasteiger partial charge in [-0.3, -0.25) is 19.1 Å². The van der Waals surface area contributed by atoms with Crippen LogP contribution in [0.4, 0.5) is 11.4 Å². The highest BCUT2D eigenvalue weighted by molar-refractivity contribution is 7.92. The van der Waals surface area contributed by atoms with Crippen molar-refractivity contribution < 1.29 is 22.8 Å². The molecule has 172 valence electrons. The van der Waals surface area contributed by atoms with Gasteiger partial charge in [-0.15, -0.1) is 0 Å². The number of rotatable bonds is 5. The van der Waals surface area contributed by atoms with Gasteiger partial charge in [-0.25, -0.2) is 8.42 Å². The number of anilines is 2. The predicted molar refractivity (Wildman–Crippen MR) is 131 cm³/mol. The fourth-order valence-corrected chi connectivity index (χ4v) is 5.03. The summed E-state index contributed by atoms with van der Waals surface area (Å²) in [5, 5.41) is 2.71. The molecule has 1 aliphatic carbocycles. The van der Waals surface area contributed by atoms with E-state index in [4.69, 9.17) is 0 Å². The summed E-state index contributed by atoms with van der Waals surface area (Å²) in [4.78, 5) is 39.0. The topological polar surface area (TPSA) is 109 Å². The highest BCUT2D eigenvalue weighted by atomic mass is 32.2. The molecule has 5 rings (SSSR count). The molecule has 8 heteroatoms. The maximum Gasteiger partial charge on any atom is 0.261 e. The first-order valence-electron chi connectivity index (χ1n) is 10.7. The smallest absolute Gasteiger partial charge is 0.261 e. The Morgan fingerprint density at radius 1 is 0.629 bits per heavy atom. The van der Waals surface area contributed by atoms with Crippen molar-refractivity contribution in [2.75, 3.05) is 10.0 Å². The second-order valence-electron chi connectivity index (χ2n) is 7.88. The highest BCUT2D eigenvalue weighted by Crippen LogP contribution is 2.32. The lowest BCUT2D eigenvalue weighted by atomic mass is 9.83. The Hall–Kier alpha value is -4.56. The second-order valence-corrected chi connectivity index (χ2v) is 9.56. The maximum absolute atomic E-state index is 13.1. The lowest BCUT2D eigenvalue weighted by molar-refractivity contribution is 0.0978. The molecule has 0 heterocycles. The van der Waals surface area contributed by atoms with Crippen molar-refractivity contribution in [3.05, 3.63) is 125 Å². The minimum Gasteiger partial charge on any atom is -0.321 e. The minimum absolute atomic E-state index is 0.122. The first-order chi connectivity index (χ1) is 16.8. The molecule has 35 heavy (non-hydrogen) atoms. The minimum atomic E-state index is -3.76. The zero-order chi connectivity index (χ0) is 24.6. The number of hydrogen-bond acceptors (Lipinski definition) is 5. The summed E-state index contributed by atoms with van der Waals surface area (Å²) in [7, 11) is -3.76. The van der Waals surface area contributed by atoms with Gasteiger partial charge >= 0.3 is 0 Å². The van der Waals surface area contributed by atoms with Crippen LogP contribution >= 0.6 is 0 Å². The number of benzene rings is 4. The van der Waals surface area contributed by atoms with Crippen molar-refractivity contribution >= 4 is 38.9 Å². The first kappa shape index (κ1) is 22.2. The Morgan fingerprint density at radius 2 is 1.23 bits per heavy atom. The Labute approximate surface area is 201 Å². The van der Waals surface area contributed by atoms with Crippen molar-refractivity contribution in [1.82, 2.24) is 0 Å². The van der Waals surface area contributed by atoms with Crippen LogP contribution in [-0.2, 0) is 10.0 Å². The molecule has 0 unspecified atom stereocenters. The highest BCUT2D eigenvalue weighted by Gasteiger charge is 2.31. The molecule has 0 aliphatic heterocycles. The summed E-state index contributed by atoms with van der Waals surface area (Å²) in [6.07, 6.45) is 0. The van der Waals surface area contributed by atoms with E-state index < -0.39 is 15.9 Å². The normalized spacial score (nSPS) is 12.5. The zero-order valence-corrected chi connectivity index (χ0v) is 19.0. The Morgan fingerprint density at radius 3 is 1.91 bits per heavy atom. The Balaban J connectivity index is 1.38. The third kappa shape index (κ3) is 4.11. The van der Waals surface area contributed by atoms with E-state index >= 15 is 0 Å². The molecule has 0 aromatic heterocycles. The number of amides is 1. The van der Waals surface area contributed by atoms with E-state index in [1.165, 1.54) is 36.4 Å². The molecule has 0 bridgehead atoms. The van der Waals surface area contributed by atoms with Crippen molar-refractivity contribution in [1.29, 1.82) is 0 Å². The zero-order valence-electron chi connectivity index (χ0n) is 18.2. The quantitative estimate of drug-likeness (QED) is 0.383. The van der Waals surface area contributed by atoms with E-state index in [1.807, 2.05) is 0 Å². The molecule has 0 fully saturated rings. The number of carbonyl (C=O) groups excluding carboxylic acids is 3. The van der Waals surface area contributed by atoms with Crippen molar-refractivity contribution in [2.45, 2.75) is 4.90 Å². The number of nitrogens with one attached hydrogen (secondary N) is 2. The van der Waals surface area contributed by atoms with Crippen molar-refractivity contribution in [3.8, 4) is 0 Å². The van der Waals surface area contributed by atoms with Crippen LogP contribution in [0.1, 0.15) is 42.2 Å². The third-order valence-corrected chi connectivity index (χ3v) is 7.05. The molecule has 4 aromatic carbocycles. The molecule has 1 amide bonds. The summed E-state index contributed by atoms with van der Waals surface area (Å²) in [6.45, 7) is 0. The SMILES string of the molecule is O=C(Nc1cccc2c1C(=O)c1ccccc1C2=O)c1ccc(NS(=O)(=O)c2ccccc2)cc1. The van der Waals surface area contributed by atoms with Crippen LogP contribution in [0.25, 0.3) is 0 Å². The standard InChI is InChI=1S/C27H18N2O5S/c30-25-20-9-4-5-10-21(20)26(31)24-22(25)11-6-12-23(24)28-27(32)17-13-15-18(16-14-17)29-35(33,34)19-7-2-1-3-8-19/h1-16,29H,(H,28,32). The van der Waals surface area contributed by atoms with Gasteiger partial charge in [0.2, 0.25) is 0 Å². The lowest BCUT2D eigenvalue weighted by Gasteiger charge is -2.20. The first-order valence-corrected chi connectivity index (χ1v) is 12.1. The van der Waals surface area contributed by atoms with Gasteiger partial charge in [-0.05, 0) is 42.5 Å². The summed E-state index contributed by atoms with van der Waals surface area (Å²) in [6, 6.07) is 25.1. The Bertz CT molecular complexity index is 1590. The van der Waals surface area contributed by atoms with Gasteiger partial charge in [0.15, 0.2) is 11.6 Å². The molecule has 0 saturated heterocycles. The summed E-state index contributed by atoms with van der Waals surface area (Å²) < 4.78 is 27.5. The van der Waals surface area contributed by atoms with E-state index in [-0.39, 0.29) is 38.8 Å². The van der Waals surface area contributed by atoms with Crippen molar-refractivity contribution in [3.63, 3.8) is 0 Å². The molecule has 0 saturated carbocycles. The van der Waals surface area contributed by atoms with E-state index in [2.05, 4.69) is 10.0 Å². The largest absolute Gasteiger partial charge is 0.321 e.